The standard InChI is InChI=1S/C18H22O6/c1-23-9-15-5-11(3-13(7-19)17(15)21)12-4-14(8-20)18(22)16(6-12)10-24-2/h3-6,19-22H,7-10H2,1-2H3. The predicted octanol–water partition coefficient (Wildman–Crippen LogP) is 2.04. The highest BCUT2D eigenvalue weighted by Gasteiger charge is 2.14. The normalized spacial score (nSPS) is 11.0. The number of hydrogen-bond donors (Lipinski definition) is 4. The van der Waals surface area contributed by atoms with Crippen LogP contribution in [0.15, 0.2) is 24.3 Å². The number of benzene rings is 2. The Kier molecular flexibility index (Phi) is 6.16. The summed E-state index contributed by atoms with van der Waals surface area (Å²) < 4.78 is 10.2. The van der Waals surface area contributed by atoms with E-state index in [4.69, 9.17) is 9.47 Å². The van der Waals surface area contributed by atoms with Gasteiger partial charge in [0.1, 0.15) is 11.5 Å². The Morgan fingerprint density at radius 1 is 0.667 bits per heavy atom. The first kappa shape index (κ1) is 18.2. The van der Waals surface area contributed by atoms with Crippen LogP contribution in [-0.2, 0) is 35.9 Å². The van der Waals surface area contributed by atoms with E-state index in [1.807, 2.05) is 0 Å². The van der Waals surface area contributed by atoms with Gasteiger partial charge in [-0.15, -0.1) is 0 Å². The maximum absolute atomic E-state index is 10.1. The molecule has 2 aromatic rings. The lowest BCUT2D eigenvalue weighted by Crippen LogP contribution is -1.98. The Morgan fingerprint density at radius 2 is 1.00 bits per heavy atom. The van der Waals surface area contributed by atoms with E-state index in [2.05, 4.69) is 0 Å². The number of aromatic hydroxyl groups is 2. The second kappa shape index (κ2) is 8.12. The van der Waals surface area contributed by atoms with Crippen molar-refractivity contribution in [1.82, 2.24) is 0 Å². The molecule has 0 saturated carbocycles. The smallest absolute Gasteiger partial charge is 0.126 e. The van der Waals surface area contributed by atoms with Crippen LogP contribution in [0.4, 0.5) is 0 Å². The van der Waals surface area contributed by atoms with Gasteiger partial charge in [0.2, 0.25) is 0 Å². The largest absolute Gasteiger partial charge is 0.507 e. The molecule has 0 aliphatic heterocycles. The van der Waals surface area contributed by atoms with Gasteiger partial charge >= 0.3 is 0 Å². The van der Waals surface area contributed by atoms with Gasteiger partial charge in [-0.3, -0.25) is 0 Å². The Morgan fingerprint density at radius 3 is 1.29 bits per heavy atom. The zero-order valence-electron chi connectivity index (χ0n) is 13.7. The Hall–Kier alpha value is -2.12. The third-order valence-corrected chi connectivity index (χ3v) is 3.81. The summed E-state index contributed by atoms with van der Waals surface area (Å²) in [5.74, 6) is 0.00255. The van der Waals surface area contributed by atoms with Gasteiger partial charge in [-0.2, -0.15) is 0 Å². The lowest BCUT2D eigenvalue weighted by molar-refractivity contribution is 0.181. The summed E-state index contributed by atoms with van der Waals surface area (Å²) in [7, 11) is 3.04. The summed E-state index contributed by atoms with van der Waals surface area (Å²) in [5, 5.41) is 39.2. The molecule has 0 atom stereocenters. The number of ether oxygens (including phenoxy) is 2. The number of aliphatic hydroxyl groups excluding tert-OH is 2. The molecule has 4 N–H and O–H groups in total. The van der Waals surface area contributed by atoms with Crippen molar-refractivity contribution in [2.75, 3.05) is 14.2 Å². The average Bonchev–Trinajstić information content (AvgIpc) is 2.59. The quantitative estimate of drug-likeness (QED) is 0.618. The zero-order chi connectivity index (χ0) is 17.7. The Bertz CT molecular complexity index is 650. The van der Waals surface area contributed by atoms with Crippen LogP contribution >= 0.6 is 0 Å². The second-order valence-electron chi connectivity index (χ2n) is 5.47. The molecule has 0 amide bonds. The molecule has 0 radical (unpaired) electrons. The molecular weight excluding hydrogens is 312 g/mol. The zero-order valence-corrected chi connectivity index (χ0v) is 13.7. The Labute approximate surface area is 140 Å². The fourth-order valence-corrected chi connectivity index (χ4v) is 2.63. The van der Waals surface area contributed by atoms with Gasteiger partial charge in [0.15, 0.2) is 0 Å². The van der Waals surface area contributed by atoms with E-state index in [1.54, 1.807) is 24.3 Å². The van der Waals surface area contributed by atoms with Gasteiger partial charge in [0.25, 0.3) is 0 Å². The van der Waals surface area contributed by atoms with Crippen molar-refractivity contribution in [2.24, 2.45) is 0 Å². The van der Waals surface area contributed by atoms with E-state index in [0.717, 1.165) is 11.1 Å². The predicted molar refractivity (Wildman–Crippen MR) is 88.5 cm³/mol. The minimum Gasteiger partial charge on any atom is -0.507 e. The highest BCUT2D eigenvalue weighted by molar-refractivity contribution is 5.70. The maximum Gasteiger partial charge on any atom is 0.126 e. The summed E-state index contributed by atoms with van der Waals surface area (Å²) >= 11 is 0. The lowest BCUT2D eigenvalue weighted by Gasteiger charge is -2.15. The third-order valence-electron chi connectivity index (χ3n) is 3.81. The minimum absolute atomic E-state index is 0.00127. The maximum atomic E-state index is 10.1. The molecule has 0 spiro atoms. The summed E-state index contributed by atoms with van der Waals surface area (Å²) in [5.41, 5.74) is 3.32. The van der Waals surface area contributed by atoms with Crippen molar-refractivity contribution in [3.8, 4) is 22.6 Å². The molecule has 24 heavy (non-hydrogen) atoms. The van der Waals surface area contributed by atoms with Crippen molar-refractivity contribution >= 4 is 0 Å². The second-order valence-corrected chi connectivity index (χ2v) is 5.47. The van der Waals surface area contributed by atoms with Crippen molar-refractivity contribution in [3.63, 3.8) is 0 Å². The van der Waals surface area contributed by atoms with E-state index < -0.39 is 0 Å². The molecule has 6 heteroatoms. The van der Waals surface area contributed by atoms with Crippen molar-refractivity contribution in [1.29, 1.82) is 0 Å². The summed E-state index contributed by atoms with van der Waals surface area (Å²) in [6.45, 7) is -0.233. The highest BCUT2D eigenvalue weighted by atomic mass is 16.5. The van der Waals surface area contributed by atoms with Crippen LogP contribution in [0.3, 0.4) is 0 Å². The van der Waals surface area contributed by atoms with Crippen molar-refractivity contribution in [2.45, 2.75) is 26.4 Å². The van der Waals surface area contributed by atoms with E-state index in [1.165, 1.54) is 14.2 Å². The molecule has 0 fully saturated rings. The van der Waals surface area contributed by atoms with Crippen LogP contribution in [0.5, 0.6) is 11.5 Å². The van der Waals surface area contributed by atoms with E-state index in [0.29, 0.717) is 22.3 Å². The fourth-order valence-electron chi connectivity index (χ4n) is 2.63. The van der Waals surface area contributed by atoms with Crippen LogP contribution < -0.4 is 0 Å². The van der Waals surface area contributed by atoms with Crippen LogP contribution in [0.2, 0.25) is 0 Å². The van der Waals surface area contributed by atoms with Crippen molar-refractivity contribution in [3.05, 3.63) is 46.5 Å². The number of hydrogen-bond acceptors (Lipinski definition) is 6. The Balaban J connectivity index is 2.62. The molecule has 0 aliphatic rings. The van der Waals surface area contributed by atoms with Gasteiger partial charge < -0.3 is 29.9 Å². The molecular formula is C18H22O6. The van der Waals surface area contributed by atoms with Crippen LogP contribution in [-0.4, -0.2) is 34.6 Å². The van der Waals surface area contributed by atoms with Crippen molar-refractivity contribution < 1.29 is 29.9 Å². The van der Waals surface area contributed by atoms with Gasteiger partial charge in [0.05, 0.1) is 26.4 Å². The summed E-state index contributed by atoms with van der Waals surface area (Å²) in [4.78, 5) is 0. The molecule has 130 valence electrons. The molecule has 0 unspecified atom stereocenters. The highest BCUT2D eigenvalue weighted by Crippen LogP contribution is 2.35. The SMILES string of the molecule is COCc1cc(-c2cc(CO)c(O)c(COC)c2)cc(CO)c1O. The minimum atomic E-state index is -0.313. The first-order valence-corrected chi connectivity index (χ1v) is 7.45. The molecule has 0 saturated heterocycles. The topological polar surface area (TPSA) is 99.4 Å². The molecule has 0 heterocycles. The van der Waals surface area contributed by atoms with Crippen LogP contribution in [0, 0.1) is 0 Å². The molecule has 2 rings (SSSR count). The molecule has 0 bridgehead atoms. The number of rotatable bonds is 7. The number of phenols is 2. The summed E-state index contributed by atoms with van der Waals surface area (Å²) in [6, 6.07) is 6.83. The molecule has 6 nitrogen and oxygen atoms in total. The molecule has 0 aliphatic carbocycles. The van der Waals surface area contributed by atoms with E-state index >= 15 is 0 Å². The number of aliphatic hydroxyl groups is 2. The van der Waals surface area contributed by atoms with E-state index in [9.17, 15) is 20.4 Å². The van der Waals surface area contributed by atoms with E-state index in [-0.39, 0.29) is 37.9 Å². The number of methoxy groups -OCH3 is 2. The monoisotopic (exact) mass is 334 g/mol. The molecule has 0 aromatic heterocycles. The summed E-state index contributed by atoms with van der Waals surface area (Å²) in [6.07, 6.45) is 0. The van der Waals surface area contributed by atoms with Gasteiger partial charge in [-0.25, -0.2) is 0 Å². The average molecular weight is 334 g/mol. The first-order valence-electron chi connectivity index (χ1n) is 7.45. The first-order chi connectivity index (χ1) is 11.5. The van der Waals surface area contributed by atoms with Crippen LogP contribution in [0.1, 0.15) is 22.3 Å². The van der Waals surface area contributed by atoms with Crippen LogP contribution in [0.25, 0.3) is 11.1 Å². The van der Waals surface area contributed by atoms with Gasteiger partial charge in [0, 0.05) is 36.5 Å². The lowest BCUT2D eigenvalue weighted by atomic mass is 9.95. The van der Waals surface area contributed by atoms with Gasteiger partial charge in [-0.1, -0.05) is 0 Å². The fraction of sp³-hybridized carbons (Fsp3) is 0.333. The van der Waals surface area contributed by atoms with Gasteiger partial charge in [-0.05, 0) is 35.4 Å². The molecule has 2 aromatic carbocycles. The third kappa shape index (κ3) is 3.68.